The van der Waals surface area contributed by atoms with E-state index in [1.54, 1.807) is 28.9 Å². The van der Waals surface area contributed by atoms with E-state index >= 15 is 0 Å². The van der Waals surface area contributed by atoms with E-state index in [0.29, 0.717) is 19.5 Å². The van der Waals surface area contributed by atoms with E-state index in [4.69, 9.17) is 5.73 Å². The van der Waals surface area contributed by atoms with Gasteiger partial charge in [0, 0.05) is 32.8 Å². The molecule has 6 nitrogen and oxygen atoms in total. The molecule has 7 heteroatoms. The number of nitrogens with one attached hydrogen (secondary N) is 1. The van der Waals surface area contributed by atoms with E-state index in [1.165, 1.54) is 0 Å². The Hall–Kier alpha value is -1.70. The third-order valence-electron chi connectivity index (χ3n) is 2.89. The maximum Gasteiger partial charge on any atom is 0.240 e. The number of hydrogen-bond acceptors (Lipinski definition) is 4. The van der Waals surface area contributed by atoms with Crippen LogP contribution in [0.1, 0.15) is 11.3 Å². The van der Waals surface area contributed by atoms with Crippen LogP contribution in [0, 0.1) is 0 Å². The van der Waals surface area contributed by atoms with Crippen LogP contribution in [-0.4, -0.2) is 24.7 Å². The van der Waals surface area contributed by atoms with Gasteiger partial charge in [-0.2, -0.15) is 5.10 Å². The molecule has 2 aromatic rings. The Morgan fingerprint density at radius 2 is 2.15 bits per heavy atom. The fourth-order valence-electron chi connectivity index (χ4n) is 1.83. The number of nitrogens with zero attached hydrogens (tertiary/aromatic N) is 2. The number of benzene rings is 1. The van der Waals surface area contributed by atoms with Crippen molar-refractivity contribution in [1.29, 1.82) is 0 Å². The number of rotatable bonds is 6. The van der Waals surface area contributed by atoms with Gasteiger partial charge < -0.3 is 5.73 Å². The average Bonchev–Trinajstić information content (AvgIpc) is 2.84. The van der Waals surface area contributed by atoms with Crippen LogP contribution in [0.15, 0.2) is 41.4 Å². The standard InChI is InChI=1S/C13H18N4O2S/c1-17-8-6-12(16-17)5-7-15-20(18,19)13-4-2-3-11(9-13)10-14/h2-4,6,8-9,15H,5,7,10,14H2,1H3. The highest BCUT2D eigenvalue weighted by atomic mass is 32.2. The van der Waals surface area contributed by atoms with Gasteiger partial charge in [-0.05, 0) is 23.8 Å². The summed E-state index contributed by atoms with van der Waals surface area (Å²) in [5, 5.41) is 4.20. The lowest BCUT2D eigenvalue weighted by atomic mass is 10.2. The van der Waals surface area contributed by atoms with Gasteiger partial charge in [-0.1, -0.05) is 12.1 Å². The Labute approximate surface area is 118 Å². The van der Waals surface area contributed by atoms with Gasteiger partial charge in [-0.25, -0.2) is 13.1 Å². The molecule has 1 heterocycles. The third kappa shape index (κ3) is 3.66. The van der Waals surface area contributed by atoms with Crippen molar-refractivity contribution in [3.63, 3.8) is 0 Å². The lowest BCUT2D eigenvalue weighted by Crippen LogP contribution is -2.26. The number of sulfonamides is 1. The smallest absolute Gasteiger partial charge is 0.240 e. The first-order valence-corrected chi connectivity index (χ1v) is 7.77. The molecule has 0 fully saturated rings. The molecule has 0 spiro atoms. The van der Waals surface area contributed by atoms with Crippen LogP contribution >= 0.6 is 0 Å². The van der Waals surface area contributed by atoms with Crippen molar-refractivity contribution < 1.29 is 8.42 Å². The molecule has 0 aliphatic rings. The van der Waals surface area contributed by atoms with Gasteiger partial charge in [-0.15, -0.1) is 0 Å². The molecule has 0 aliphatic heterocycles. The molecule has 2 rings (SSSR count). The zero-order valence-corrected chi connectivity index (χ0v) is 12.1. The summed E-state index contributed by atoms with van der Waals surface area (Å²) in [5.74, 6) is 0. The molecule has 1 aromatic carbocycles. The number of nitrogens with two attached hydrogens (primary N) is 1. The van der Waals surface area contributed by atoms with Crippen LogP contribution in [0.2, 0.25) is 0 Å². The van der Waals surface area contributed by atoms with E-state index in [9.17, 15) is 8.42 Å². The topological polar surface area (TPSA) is 90.0 Å². The van der Waals surface area contributed by atoms with Crippen LogP contribution in [0.25, 0.3) is 0 Å². The SMILES string of the molecule is Cn1ccc(CCNS(=O)(=O)c2cccc(CN)c2)n1. The molecule has 0 saturated carbocycles. The van der Waals surface area contributed by atoms with Gasteiger partial charge in [0.15, 0.2) is 0 Å². The second-order valence-corrected chi connectivity index (χ2v) is 6.25. The zero-order chi connectivity index (χ0) is 14.6. The largest absolute Gasteiger partial charge is 0.326 e. The molecule has 0 aliphatic carbocycles. The first kappa shape index (κ1) is 14.7. The lowest BCUT2D eigenvalue weighted by Gasteiger charge is -2.07. The van der Waals surface area contributed by atoms with Gasteiger partial charge in [0.2, 0.25) is 10.0 Å². The van der Waals surface area contributed by atoms with Crippen LogP contribution in [-0.2, 0) is 30.0 Å². The molecular weight excluding hydrogens is 276 g/mol. The maximum atomic E-state index is 12.1. The summed E-state index contributed by atoms with van der Waals surface area (Å²) in [6, 6.07) is 8.50. The fraction of sp³-hybridized carbons (Fsp3) is 0.308. The molecule has 0 bridgehead atoms. The summed E-state index contributed by atoms with van der Waals surface area (Å²) < 4.78 is 28.5. The van der Waals surface area contributed by atoms with E-state index in [0.717, 1.165) is 11.3 Å². The van der Waals surface area contributed by atoms with E-state index in [2.05, 4.69) is 9.82 Å². The minimum absolute atomic E-state index is 0.237. The monoisotopic (exact) mass is 294 g/mol. The lowest BCUT2D eigenvalue weighted by molar-refractivity contribution is 0.581. The van der Waals surface area contributed by atoms with Crippen LogP contribution < -0.4 is 10.5 Å². The van der Waals surface area contributed by atoms with E-state index < -0.39 is 10.0 Å². The molecule has 3 N–H and O–H groups in total. The highest BCUT2D eigenvalue weighted by Crippen LogP contribution is 2.11. The highest BCUT2D eigenvalue weighted by molar-refractivity contribution is 7.89. The Morgan fingerprint density at radius 1 is 1.35 bits per heavy atom. The van der Waals surface area contributed by atoms with Gasteiger partial charge in [0.25, 0.3) is 0 Å². The van der Waals surface area contributed by atoms with E-state index in [-0.39, 0.29) is 4.90 Å². The zero-order valence-electron chi connectivity index (χ0n) is 11.3. The van der Waals surface area contributed by atoms with Crippen LogP contribution in [0.3, 0.4) is 0 Å². The Kier molecular flexibility index (Phi) is 4.53. The molecular formula is C13H18N4O2S. The Morgan fingerprint density at radius 3 is 2.80 bits per heavy atom. The predicted molar refractivity (Wildman–Crippen MR) is 76.4 cm³/mol. The van der Waals surface area contributed by atoms with Crippen molar-refractivity contribution in [2.45, 2.75) is 17.9 Å². The molecule has 0 amide bonds. The van der Waals surface area contributed by atoms with Crippen molar-refractivity contribution in [2.75, 3.05) is 6.54 Å². The second-order valence-electron chi connectivity index (χ2n) is 4.48. The van der Waals surface area contributed by atoms with Crippen LogP contribution in [0.5, 0.6) is 0 Å². The summed E-state index contributed by atoms with van der Waals surface area (Å²) in [7, 11) is -1.67. The summed E-state index contributed by atoms with van der Waals surface area (Å²) in [6.07, 6.45) is 2.38. The molecule has 108 valence electrons. The summed E-state index contributed by atoms with van der Waals surface area (Å²) in [5.41, 5.74) is 7.16. The van der Waals surface area contributed by atoms with E-state index in [1.807, 2.05) is 19.3 Å². The molecule has 0 atom stereocenters. The molecule has 20 heavy (non-hydrogen) atoms. The Balaban J connectivity index is 2.00. The second kappa shape index (κ2) is 6.17. The third-order valence-corrected chi connectivity index (χ3v) is 4.35. The normalized spacial score (nSPS) is 11.7. The fourth-order valence-corrected chi connectivity index (χ4v) is 2.93. The molecule has 1 aromatic heterocycles. The first-order valence-electron chi connectivity index (χ1n) is 6.28. The van der Waals surface area contributed by atoms with Crippen molar-refractivity contribution >= 4 is 10.0 Å². The van der Waals surface area contributed by atoms with Crippen LogP contribution in [0.4, 0.5) is 0 Å². The van der Waals surface area contributed by atoms with Gasteiger partial charge in [0.1, 0.15) is 0 Å². The Bertz CT molecular complexity index is 679. The summed E-state index contributed by atoms with van der Waals surface area (Å²) in [6.45, 7) is 0.628. The molecule has 0 saturated heterocycles. The average molecular weight is 294 g/mol. The number of aryl methyl sites for hydroxylation is 1. The number of aromatic nitrogens is 2. The maximum absolute atomic E-state index is 12.1. The minimum Gasteiger partial charge on any atom is -0.326 e. The van der Waals surface area contributed by atoms with Crippen molar-refractivity contribution in [3.05, 3.63) is 47.8 Å². The predicted octanol–water partition coefficient (Wildman–Crippen LogP) is 0.400. The summed E-state index contributed by atoms with van der Waals surface area (Å²) >= 11 is 0. The highest BCUT2D eigenvalue weighted by Gasteiger charge is 2.13. The minimum atomic E-state index is -3.50. The molecule has 0 unspecified atom stereocenters. The quantitative estimate of drug-likeness (QED) is 0.807. The van der Waals surface area contributed by atoms with Gasteiger partial charge >= 0.3 is 0 Å². The van der Waals surface area contributed by atoms with Crippen molar-refractivity contribution in [2.24, 2.45) is 12.8 Å². The van der Waals surface area contributed by atoms with Crippen molar-refractivity contribution in [1.82, 2.24) is 14.5 Å². The summed E-state index contributed by atoms with van der Waals surface area (Å²) in [4.78, 5) is 0.237. The molecule has 0 radical (unpaired) electrons. The first-order chi connectivity index (χ1) is 9.51. The van der Waals surface area contributed by atoms with Crippen molar-refractivity contribution in [3.8, 4) is 0 Å². The van der Waals surface area contributed by atoms with Gasteiger partial charge in [-0.3, -0.25) is 4.68 Å². The number of hydrogen-bond donors (Lipinski definition) is 2. The van der Waals surface area contributed by atoms with Gasteiger partial charge in [0.05, 0.1) is 10.6 Å².